The minimum absolute atomic E-state index is 0.214. The Bertz CT molecular complexity index is 316. The van der Waals surface area contributed by atoms with Crippen LogP contribution in [0.5, 0.6) is 0 Å². The van der Waals surface area contributed by atoms with Crippen LogP contribution in [0.1, 0.15) is 51.4 Å². The largest absolute Gasteiger partial charge is 0.384 e. The Kier molecular flexibility index (Phi) is 5.85. The monoisotopic (exact) mass is 282 g/mol. The smallest absolute Gasteiger partial charge is 0.220 e. The normalized spacial score (nSPS) is 26.0. The number of nitrogens with one attached hydrogen (secondary N) is 1. The van der Waals surface area contributed by atoms with Crippen molar-refractivity contribution in [2.24, 2.45) is 5.41 Å². The van der Waals surface area contributed by atoms with Gasteiger partial charge in [0.15, 0.2) is 0 Å². The number of piperidine rings is 1. The van der Waals surface area contributed by atoms with Crippen LogP contribution in [-0.2, 0) is 9.53 Å². The van der Waals surface area contributed by atoms with Crippen LogP contribution in [-0.4, -0.2) is 50.7 Å². The van der Waals surface area contributed by atoms with Gasteiger partial charge in [-0.15, -0.1) is 0 Å². The molecule has 1 saturated heterocycles. The first-order valence-electron chi connectivity index (χ1n) is 8.11. The second-order valence-electron chi connectivity index (χ2n) is 6.73. The lowest BCUT2D eigenvalue weighted by Gasteiger charge is -2.41. The zero-order valence-electron chi connectivity index (χ0n) is 13.1. The second-order valence-corrected chi connectivity index (χ2v) is 6.73. The van der Waals surface area contributed by atoms with Crippen molar-refractivity contribution in [2.75, 3.05) is 33.9 Å². The molecule has 0 bridgehead atoms. The number of nitrogens with zero attached hydrogens (tertiary/aromatic N) is 1. The Morgan fingerprint density at radius 3 is 2.75 bits per heavy atom. The highest BCUT2D eigenvalue weighted by molar-refractivity contribution is 5.75. The summed E-state index contributed by atoms with van der Waals surface area (Å²) in [4.78, 5) is 14.4. The topological polar surface area (TPSA) is 41.6 Å². The van der Waals surface area contributed by atoms with Crippen LogP contribution in [0.2, 0.25) is 0 Å². The van der Waals surface area contributed by atoms with Gasteiger partial charge < -0.3 is 15.0 Å². The van der Waals surface area contributed by atoms with Gasteiger partial charge in [-0.25, -0.2) is 0 Å². The first-order chi connectivity index (χ1) is 9.65. The van der Waals surface area contributed by atoms with Gasteiger partial charge in [0.25, 0.3) is 0 Å². The predicted octanol–water partition coefficient (Wildman–Crippen LogP) is 2.18. The molecule has 0 aromatic carbocycles. The van der Waals surface area contributed by atoms with Crippen molar-refractivity contribution in [3.8, 4) is 0 Å². The molecule has 1 atom stereocenters. The fourth-order valence-corrected chi connectivity index (χ4v) is 3.54. The maximum atomic E-state index is 12.0. The number of methoxy groups -OCH3 is 1. The zero-order chi connectivity index (χ0) is 14.4. The van der Waals surface area contributed by atoms with Crippen molar-refractivity contribution in [3.63, 3.8) is 0 Å². The summed E-state index contributed by atoms with van der Waals surface area (Å²) >= 11 is 0. The van der Waals surface area contributed by atoms with Gasteiger partial charge in [-0.3, -0.25) is 4.79 Å². The number of amides is 1. The van der Waals surface area contributed by atoms with E-state index in [9.17, 15) is 4.79 Å². The van der Waals surface area contributed by atoms with E-state index in [4.69, 9.17) is 4.74 Å². The zero-order valence-corrected chi connectivity index (χ0v) is 13.1. The van der Waals surface area contributed by atoms with Crippen molar-refractivity contribution in [1.82, 2.24) is 10.2 Å². The minimum Gasteiger partial charge on any atom is -0.384 e. The average Bonchev–Trinajstić information content (AvgIpc) is 2.40. The van der Waals surface area contributed by atoms with E-state index in [-0.39, 0.29) is 11.3 Å². The summed E-state index contributed by atoms with van der Waals surface area (Å²) in [5.74, 6) is 0.214. The highest BCUT2D eigenvalue weighted by Crippen LogP contribution is 2.40. The number of ether oxygens (including phenoxy) is 1. The van der Waals surface area contributed by atoms with Crippen LogP contribution in [0.3, 0.4) is 0 Å². The molecule has 1 amide bonds. The summed E-state index contributed by atoms with van der Waals surface area (Å²) in [6, 6.07) is 0.603. The van der Waals surface area contributed by atoms with E-state index in [1.165, 1.54) is 45.1 Å². The summed E-state index contributed by atoms with van der Waals surface area (Å²) in [6.45, 7) is 2.75. The summed E-state index contributed by atoms with van der Waals surface area (Å²) < 4.78 is 5.29. The van der Waals surface area contributed by atoms with Gasteiger partial charge in [0.1, 0.15) is 0 Å². The molecule has 0 aromatic heterocycles. The van der Waals surface area contributed by atoms with Crippen molar-refractivity contribution < 1.29 is 9.53 Å². The molecule has 0 spiro atoms. The van der Waals surface area contributed by atoms with Crippen LogP contribution in [0.15, 0.2) is 0 Å². The van der Waals surface area contributed by atoms with Crippen LogP contribution >= 0.6 is 0 Å². The van der Waals surface area contributed by atoms with Crippen molar-refractivity contribution in [1.29, 1.82) is 0 Å². The Balaban J connectivity index is 1.65. The van der Waals surface area contributed by atoms with E-state index in [0.29, 0.717) is 12.5 Å². The molecule has 0 radical (unpaired) electrons. The Hall–Kier alpha value is -0.610. The van der Waals surface area contributed by atoms with Gasteiger partial charge in [-0.05, 0) is 45.7 Å². The highest BCUT2D eigenvalue weighted by Gasteiger charge is 2.37. The molecule has 1 aliphatic carbocycles. The van der Waals surface area contributed by atoms with E-state index in [1.54, 1.807) is 7.11 Å². The molecule has 2 rings (SSSR count). The van der Waals surface area contributed by atoms with Crippen molar-refractivity contribution >= 4 is 5.91 Å². The maximum absolute atomic E-state index is 12.0. The van der Waals surface area contributed by atoms with Crippen molar-refractivity contribution in [2.45, 2.75) is 57.4 Å². The lowest BCUT2D eigenvalue weighted by Crippen LogP contribution is -2.45. The first-order valence-corrected chi connectivity index (χ1v) is 8.11. The van der Waals surface area contributed by atoms with Gasteiger partial charge in [-0.2, -0.15) is 0 Å². The number of carbonyl (C=O) groups excluding carboxylic acids is 1. The fraction of sp³-hybridized carbons (Fsp3) is 0.938. The van der Waals surface area contributed by atoms with Gasteiger partial charge >= 0.3 is 0 Å². The van der Waals surface area contributed by atoms with Gasteiger partial charge in [0.2, 0.25) is 5.91 Å². The summed E-state index contributed by atoms with van der Waals surface area (Å²) in [7, 11) is 3.93. The Labute approximate surface area is 123 Å². The van der Waals surface area contributed by atoms with Crippen LogP contribution < -0.4 is 5.32 Å². The molecule has 1 unspecified atom stereocenters. The van der Waals surface area contributed by atoms with E-state index in [0.717, 1.165) is 19.6 Å². The number of carbonyl (C=O) groups is 1. The van der Waals surface area contributed by atoms with E-state index < -0.39 is 0 Å². The van der Waals surface area contributed by atoms with Crippen molar-refractivity contribution in [3.05, 3.63) is 0 Å². The molecular formula is C16H30N2O2. The Morgan fingerprint density at radius 2 is 2.15 bits per heavy atom. The molecule has 116 valence electrons. The maximum Gasteiger partial charge on any atom is 0.220 e. The molecule has 1 N–H and O–H groups in total. The van der Waals surface area contributed by atoms with Gasteiger partial charge in [0, 0.05) is 31.5 Å². The highest BCUT2D eigenvalue weighted by atomic mass is 16.5. The fourth-order valence-electron chi connectivity index (χ4n) is 3.54. The standard InChI is InChI=1S/C16H30N2O2/c1-18-11-4-3-6-14(18)7-8-15(19)17-12-16(13-20-2)9-5-10-16/h14H,3-13H2,1-2H3,(H,17,19). The third kappa shape index (κ3) is 4.19. The molecule has 2 aliphatic rings. The van der Waals surface area contributed by atoms with E-state index in [1.807, 2.05) is 0 Å². The van der Waals surface area contributed by atoms with Crippen LogP contribution in [0, 0.1) is 5.41 Å². The molecule has 20 heavy (non-hydrogen) atoms. The molecule has 1 aliphatic heterocycles. The van der Waals surface area contributed by atoms with Gasteiger partial charge in [-0.1, -0.05) is 12.8 Å². The molecule has 4 nitrogen and oxygen atoms in total. The van der Waals surface area contributed by atoms with Gasteiger partial charge in [0.05, 0.1) is 6.61 Å². The Morgan fingerprint density at radius 1 is 1.35 bits per heavy atom. The number of likely N-dealkylation sites (tertiary alicyclic amines) is 1. The number of hydrogen-bond donors (Lipinski definition) is 1. The predicted molar refractivity (Wildman–Crippen MR) is 80.7 cm³/mol. The number of hydrogen-bond acceptors (Lipinski definition) is 3. The minimum atomic E-state index is 0.214. The molecule has 2 fully saturated rings. The summed E-state index contributed by atoms with van der Waals surface area (Å²) in [5.41, 5.74) is 0.228. The first kappa shape index (κ1) is 15.8. The van der Waals surface area contributed by atoms with E-state index >= 15 is 0 Å². The second kappa shape index (κ2) is 7.41. The van der Waals surface area contributed by atoms with E-state index in [2.05, 4.69) is 17.3 Å². The number of rotatable bonds is 7. The molecule has 0 aromatic rings. The lowest BCUT2D eigenvalue weighted by atomic mass is 9.69. The summed E-state index contributed by atoms with van der Waals surface area (Å²) in [5, 5.41) is 3.13. The third-order valence-corrected chi connectivity index (χ3v) is 5.15. The third-order valence-electron chi connectivity index (χ3n) is 5.15. The quantitative estimate of drug-likeness (QED) is 0.778. The summed E-state index contributed by atoms with van der Waals surface area (Å²) in [6.07, 6.45) is 9.17. The molecule has 1 heterocycles. The van der Waals surface area contributed by atoms with Crippen LogP contribution in [0.25, 0.3) is 0 Å². The SMILES string of the molecule is COCC1(CNC(=O)CCC2CCCCN2C)CCC1. The average molecular weight is 282 g/mol. The molecular weight excluding hydrogens is 252 g/mol. The lowest BCUT2D eigenvalue weighted by molar-refractivity contribution is -0.122. The molecule has 1 saturated carbocycles. The van der Waals surface area contributed by atoms with Crippen LogP contribution in [0.4, 0.5) is 0 Å². The molecule has 4 heteroatoms.